The number of hydrogen-bond donors (Lipinski definition) is 3. The van der Waals surface area contributed by atoms with E-state index in [0.717, 1.165) is 17.7 Å². The highest BCUT2D eigenvalue weighted by Gasteiger charge is 2.33. The van der Waals surface area contributed by atoms with E-state index in [0.29, 0.717) is 5.56 Å². The van der Waals surface area contributed by atoms with Gasteiger partial charge in [-0.2, -0.15) is 0 Å². The fourth-order valence-corrected chi connectivity index (χ4v) is 4.17. The van der Waals surface area contributed by atoms with E-state index in [1.54, 1.807) is 85.7 Å². The molecule has 0 saturated heterocycles. The normalized spacial score (nSPS) is 14.2. The van der Waals surface area contributed by atoms with Crippen molar-refractivity contribution in [2.24, 2.45) is 5.92 Å². The number of hydrogen-bond acceptors (Lipinski definition) is 10. The van der Waals surface area contributed by atoms with E-state index in [1.807, 2.05) is 0 Å². The van der Waals surface area contributed by atoms with E-state index in [9.17, 15) is 32.4 Å². The highest BCUT2D eigenvalue weighted by atomic mass is 32.2. The molecule has 0 unspecified atom stereocenters. The first-order chi connectivity index (χ1) is 20.5. The van der Waals surface area contributed by atoms with Gasteiger partial charge in [0.25, 0.3) is 0 Å². The van der Waals surface area contributed by atoms with Gasteiger partial charge in [-0.15, -0.1) is 0 Å². The van der Waals surface area contributed by atoms with Crippen LogP contribution in [-0.4, -0.2) is 73.8 Å². The maximum absolute atomic E-state index is 13.4. The molecule has 45 heavy (non-hydrogen) atoms. The van der Waals surface area contributed by atoms with Crippen molar-refractivity contribution in [2.45, 2.75) is 104 Å². The molecular formula is C31H47N3O10S. The largest absolute Gasteiger partial charge is 0.460 e. The summed E-state index contributed by atoms with van der Waals surface area (Å²) in [5.74, 6) is -3.59. The Morgan fingerprint density at radius 2 is 1.33 bits per heavy atom. The van der Waals surface area contributed by atoms with Crippen molar-refractivity contribution in [2.75, 3.05) is 6.26 Å². The monoisotopic (exact) mass is 653 g/mol. The minimum absolute atomic E-state index is 0.0927. The minimum Gasteiger partial charge on any atom is -0.460 e. The van der Waals surface area contributed by atoms with Crippen molar-refractivity contribution >= 4 is 39.7 Å². The molecule has 0 aromatic heterocycles. The third kappa shape index (κ3) is 17.8. The lowest BCUT2D eigenvalue weighted by atomic mass is 10.0. The molecule has 0 bridgehead atoms. The zero-order chi connectivity index (χ0) is 34.6. The van der Waals surface area contributed by atoms with Crippen molar-refractivity contribution in [1.29, 1.82) is 0 Å². The first-order valence-corrected chi connectivity index (χ1v) is 16.4. The Morgan fingerprint density at radius 3 is 1.82 bits per heavy atom. The number of benzene rings is 1. The van der Waals surface area contributed by atoms with Crippen LogP contribution in [0.4, 0.5) is 4.79 Å². The van der Waals surface area contributed by atoms with Crippen molar-refractivity contribution < 1.29 is 46.6 Å². The molecule has 3 N–H and O–H groups in total. The predicted octanol–water partition coefficient (Wildman–Crippen LogP) is 2.93. The summed E-state index contributed by atoms with van der Waals surface area (Å²) in [5.41, 5.74) is -0.989. The van der Waals surface area contributed by atoms with Gasteiger partial charge in [0.05, 0.1) is 18.9 Å². The van der Waals surface area contributed by atoms with E-state index >= 15 is 0 Å². The van der Waals surface area contributed by atoms with Gasteiger partial charge in [-0.3, -0.25) is 19.2 Å². The molecule has 0 spiro atoms. The molecule has 3 amide bonds. The Morgan fingerprint density at radius 1 is 0.800 bits per heavy atom. The molecule has 0 heterocycles. The second-order valence-corrected chi connectivity index (χ2v) is 14.8. The van der Waals surface area contributed by atoms with Gasteiger partial charge >= 0.3 is 18.0 Å². The van der Waals surface area contributed by atoms with E-state index < -0.39 is 81.3 Å². The fourth-order valence-electron chi connectivity index (χ4n) is 3.69. The van der Waals surface area contributed by atoms with Crippen LogP contribution in [0, 0.1) is 5.92 Å². The number of esters is 2. The number of amides is 3. The third-order valence-corrected chi connectivity index (χ3v) is 6.20. The fraction of sp³-hybridized carbons (Fsp3) is 0.581. The van der Waals surface area contributed by atoms with Gasteiger partial charge in [-0.1, -0.05) is 50.3 Å². The van der Waals surface area contributed by atoms with Crippen LogP contribution in [0.15, 0.2) is 41.8 Å². The summed E-state index contributed by atoms with van der Waals surface area (Å²) >= 11 is 0. The smallest absolute Gasteiger partial charge is 0.408 e. The standard InChI is InChI=1S/C31H47N3O10S/c1-20(2)26(28(38)32-22(15-16-45(9,40)41)17-24(35)43-30(3,4)5)34-27(37)23(18-25(36)44-31(6,7)8)33-29(39)42-19-21-13-11-10-12-14-21/h10-16,20,22-23,26H,17-19H2,1-9H3,(H,32,38)(H,33,39)(H,34,37)/b16-15+/t22-,23+,26+/m1/s1. The van der Waals surface area contributed by atoms with Gasteiger partial charge < -0.3 is 30.2 Å². The van der Waals surface area contributed by atoms with Gasteiger partial charge in [0.2, 0.25) is 11.8 Å². The quantitative estimate of drug-likeness (QED) is 0.199. The van der Waals surface area contributed by atoms with E-state index in [1.165, 1.54) is 0 Å². The average molecular weight is 654 g/mol. The van der Waals surface area contributed by atoms with E-state index in [-0.39, 0.29) is 13.0 Å². The highest BCUT2D eigenvalue weighted by Crippen LogP contribution is 2.13. The first kappa shape index (κ1) is 39.1. The Hall–Kier alpha value is -3.94. The first-order valence-electron chi connectivity index (χ1n) is 14.4. The van der Waals surface area contributed by atoms with Gasteiger partial charge in [0.15, 0.2) is 9.84 Å². The number of alkyl carbamates (subject to hydrolysis) is 1. The maximum Gasteiger partial charge on any atom is 0.408 e. The van der Waals surface area contributed by atoms with Crippen molar-refractivity contribution in [3.05, 3.63) is 47.4 Å². The molecule has 252 valence electrons. The number of sulfone groups is 1. The molecule has 14 heteroatoms. The van der Waals surface area contributed by atoms with Crippen molar-refractivity contribution in [3.63, 3.8) is 0 Å². The number of ether oxygens (including phenoxy) is 3. The zero-order valence-corrected chi connectivity index (χ0v) is 28.3. The summed E-state index contributed by atoms with van der Waals surface area (Å²) in [6.07, 6.45) is 0.177. The molecule has 0 aliphatic rings. The average Bonchev–Trinajstić information content (AvgIpc) is 2.86. The van der Waals surface area contributed by atoms with Crippen LogP contribution >= 0.6 is 0 Å². The van der Waals surface area contributed by atoms with Crippen LogP contribution in [-0.2, 0) is 49.8 Å². The molecule has 3 atom stereocenters. The van der Waals surface area contributed by atoms with Crippen molar-refractivity contribution in [3.8, 4) is 0 Å². The lowest BCUT2D eigenvalue weighted by Crippen LogP contribution is -2.57. The third-order valence-electron chi connectivity index (χ3n) is 5.55. The number of rotatable bonds is 14. The summed E-state index contributed by atoms with van der Waals surface area (Å²) in [6.45, 7) is 13.1. The summed E-state index contributed by atoms with van der Waals surface area (Å²) in [4.78, 5) is 64.5. The molecule has 0 fully saturated rings. The summed E-state index contributed by atoms with van der Waals surface area (Å²) < 4.78 is 39.3. The van der Waals surface area contributed by atoms with Gasteiger partial charge in [-0.25, -0.2) is 13.2 Å². The summed E-state index contributed by atoms with van der Waals surface area (Å²) in [7, 11) is -3.60. The highest BCUT2D eigenvalue weighted by molar-refractivity contribution is 7.93. The second-order valence-electron chi connectivity index (χ2n) is 12.8. The molecule has 1 aromatic rings. The van der Waals surface area contributed by atoms with Crippen LogP contribution in [0.25, 0.3) is 0 Å². The Balaban J connectivity index is 3.16. The van der Waals surface area contributed by atoms with Gasteiger partial charge in [0, 0.05) is 11.7 Å². The molecule has 0 radical (unpaired) electrons. The van der Waals surface area contributed by atoms with Crippen LogP contribution < -0.4 is 16.0 Å². The van der Waals surface area contributed by atoms with Crippen LogP contribution in [0.3, 0.4) is 0 Å². The van der Waals surface area contributed by atoms with Crippen LogP contribution in [0.5, 0.6) is 0 Å². The van der Waals surface area contributed by atoms with Crippen molar-refractivity contribution in [1.82, 2.24) is 16.0 Å². The topological polar surface area (TPSA) is 183 Å². The number of carbonyl (C=O) groups excluding carboxylic acids is 5. The SMILES string of the molecule is CC(C)[C@H](NC(=O)[C@H](CC(=O)OC(C)(C)C)NC(=O)OCc1ccccc1)C(=O)N[C@H](/C=C/S(C)(=O)=O)CC(=O)OC(C)(C)C. The maximum atomic E-state index is 13.4. The Labute approximate surface area is 265 Å². The molecule has 1 aromatic carbocycles. The molecular weight excluding hydrogens is 606 g/mol. The van der Waals surface area contributed by atoms with E-state index in [2.05, 4.69) is 16.0 Å². The lowest BCUT2D eigenvalue weighted by Gasteiger charge is -2.27. The van der Waals surface area contributed by atoms with E-state index in [4.69, 9.17) is 14.2 Å². The summed E-state index contributed by atoms with van der Waals surface area (Å²) in [5, 5.41) is 8.34. The number of nitrogens with one attached hydrogen (secondary N) is 3. The Bertz CT molecular complexity index is 1310. The number of carbonyl (C=O) groups is 5. The van der Waals surface area contributed by atoms with Gasteiger partial charge in [0.1, 0.15) is 29.9 Å². The van der Waals surface area contributed by atoms with Crippen LogP contribution in [0.2, 0.25) is 0 Å². The zero-order valence-electron chi connectivity index (χ0n) is 27.5. The minimum atomic E-state index is -3.60. The molecule has 1 rings (SSSR count). The lowest BCUT2D eigenvalue weighted by molar-refractivity contribution is -0.156. The van der Waals surface area contributed by atoms with Gasteiger partial charge in [-0.05, 0) is 53.0 Å². The molecule has 13 nitrogen and oxygen atoms in total. The summed E-state index contributed by atoms with van der Waals surface area (Å²) in [6, 6.07) is 5.03. The molecule has 0 saturated carbocycles. The molecule has 0 aliphatic carbocycles. The Kier molecular flexibility index (Phi) is 14.7. The predicted molar refractivity (Wildman–Crippen MR) is 167 cm³/mol. The second kappa shape index (κ2) is 16.9. The van der Waals surface area contributed by atoms with Crippen LogP contribution in [0.1, 0.15) is 73.8 Å². The molecule has 0 aliphatic heterocycles.